The summed E-state index contributed by atoms with van der Waals surface area (Å²) in [6.45, 7) is 5.37. The van der Waals surface area contributed by atoms with Gasteiger partial charge in [0.15, 0.2) is 0 Å². The first-order valence-electron chi connectivity index (χ1n) is 9.45. The Kier molecular flexibility index (Phi) is 7.65. The van der Waals surface area contributed by atoms with Gasteiger partial charge in [0.1, 0.15) is 0 Å². The van der Waals surface area contributed by atoms with Gasteiger partial charge in [-0.05, 0) is 44.4 Å². The lowest BCUT2D eigenvalue weighted by Gasteiger charge is -2.37. The Labute approximate surface area is 128 Å². The second-order valence-electron chi connectivity index (χ2n) is 7.27. The van der Waals surface area contributed by atoms with Crippen molar-refractivity contribution >= 4 is 8.80 Å². The summed E-state index contributed by atoms with van der Waals surface area (Å²) in [4.78, 5) is 0. The summed E-state index contributed by atoms with van der Waals surface area (Å²) in [6, 6.07) is 4.98. The van der Waals surface area contributed by atoms with Crippen molar-refractivity contribution in [3.63, 3.8) is 0 Å². The van der Waals surface area contributed by atoms with Crippen LogP contribution in [0.5, 0.6) is 0 Å². The van der Waals surface area contributed by atoms with Crippen molar-refractivity contribution in [1.82, 2.24) is 0 Å². The van der Waals surface area contributed by atoms with E-state index < -0.39 is 0 Å². The number of hydrogen-bond acceptors (Lipinski definition) is 1. The minimum atomic E-state index is -0.299. The zero-order chi connectivity index (χ0) is 14.2. The average Bonchev–Trinajstić information content (AvgIpc) is 2.49. The normalized spacial score (nSPS) is 35.1. The molecular weight excluding hydrogens is 260 g/mol. The third kappa shape index (κ3) is 5.18. The van der Waals surface area contributed by atoms with E-state index in [0.717, 1.165) is 18.4 Å². The molecule has 2 fully saturated rings. The topological polar surface area (TPSA) is 9.23 Å². The number of ether oxygens (including phenoxy) is 1. The molecule has 1 aliphatic carbocycles. The van der Waals surface area contributed by atoms with E-state index in [1.54, 1.807) is 31.0 Å². The van der Waals surface area contributed by atoms with Crippen LogP contribution in [0.15, 0.2) is 0 Å². The van der Waals surface area contributed by atoms with E-state index in [0.29, 0.717) is 6.10 Å². The van der Waals surface area contributed by atoms with E-state index in [1.807, 2.05) is 0 Å². The lowest BCUT2D eigenvalue weighted by molar-refractivity contribution is 0.0171. The summed E-state index contributed by atoms with van der Waals surface area (Å²) in [7, 11) is -0.299. The smallest absolute Gasteiger partial charge is 0.0575 e. The highest BCUT2D eigenvalue weighted by atomic mass is 28.3. The van der Waals surface area contributed by atoms with Gasteiger partial charge in [0.05, 0.1) is 6.10 Å². The van der Waals surface area contributed by atoms with Gasteiger partial charge in [-0.25, -0.2) is 0 Å². The molecule has 1 aliphatic heterocycles. The van der Waals surface area contributed by atoms with Crippen LogP contribution in [0, 0.1) is 11.8 Å². The zero-order valence-corrected chi connectivity index (χ0v) is 15.1. The van der Waals surface area contributed by atoms with Gasteiger partial charge in [0.2, 0.25) is 0 Å². The van der Waals surface area contributed by atoms with Crippen molar-refractivity contribution in [2.45, 2.75) is 95.9 Å². The Hall–Kier alpha value is 0.177. The summed E-state index contributed by atoms with van der Waals surface area (Å²) in [5.41, 5.74) is 0. The molecule has 0 aromatic rings. The lowest BCUT2D eigenvalue weighted by Crippen LogP contribution is -2.30. The molecule has 118 valence electrons. The quantitative estimate of drug-likeness (QED) is 0.451. The summed E-state index contributed by atoms with van der Waals surface area (Å²) in [5, 5.41) is 0. The highest BCUT2D eigenvalue weighted by Crippen LogP contribution is 2.40. The zero-order valence-electron chi connectivity index (χ0n) is 13.9. The summed E-state index contributed by atoms with van der Waals surface area (Å²) in [6.07, 6.45) is 13.8. The first kappa shape index (κ1) is 16.5. The Morgan fingerprint density at radius 3 is 2.10 bits per heavy atom. The van der Waals surface area contributed by atoms with Crippen molar-refractivity contribution in [1.29, 1.82) is 0 Å². The minimum Gasteiger partial charge on any atom is -0.379 e. The second-order valence-corrected chi connectivity index (χ2v) is 10.7. The first-order chi connectivity index (χ1) is 9.83. The summed E-state index contributed by atoms with van der Waals surface area (Å²) < 4.78 is 5.80. The van der Waals surface area contributed by atoms with Gasteiger partial charge in [-0.3, -0.25) is 0 Å². The van der Waals surface area contributed by atoms with Crippen molar-refractivity contribution in [2.75, 3.05) is 6.61 Å². The van der Waals surface area contributed by atoms with Gasteiger partial charge in [-0.2, -0.15) is 0 Å². The average molecular weight is 297 g/mol. The molecule has 0 N–H and O–H groups in total. The van der Waals surface area contributed by atoms with Gasteiger partial charge >= 0.3 is 0 Å². The molecule has 1 nitrogen and oxygen atoms in total. The highest BCUT2D eigenvalue weighted by molar-refractivity contribution is 6.58. The fraction of sp³-hybridized carbons (Fsp3) is 1.00. The van der Waals surface area contributed by atoms with Gasteiger partial charge in [0.25, 0.3) is 0 Å². The van der Waals surface area contributed by atoms with E-state index in [-0.39, 0.29) is 8.80 Å². The molecule has 1 saturated heterocycles. The fourth-order valence-corrected chi connectivity index (χ4v) is 8.12. The maximum absolute atomic E-state index is 5.80. The molecule has 1 saturated carbocycles. The molecule has 0 bridgehead atoms. The molecule has 0 aromatic carbocycles. The largest absolute Gasteiger partial charge is 0.379 e. The predicted octanol–water partition coefficient (Wildman–Crippen LogP) is 5.41. The lowest BCUT2D eigenvalue weighted by atomic mass is 9.76. The number of hydrogen-bond donors (Lipinski definition) is 0. The SMILES string of the molecule is CCCCC[Si@H]1CC[C@H](C2CCC(OCC)CC2)CC1. The van der Waals surface area contributed by atoms with Crippen LogP contribution in [0.1, 0.15) is 71.6 Å². The van der Waals surface area contributed by atoms with Gasteiger partial charge in [-0.1, -0.05) is 57.2 Å². The molecule has 2 aliphatic rings. The van der Waals surface area contributed by atoms with Crippen molar-refractivity contribution in [2.24, 2.45) is 11.8 Å². The number of rotatable bonds is 7. The number of unbranched alkanes of at least 4 members (excludes halogenated alkanes) is 2. The van der Waals surface area contributed by atoms with Gasteiger partial charge < -0.3 is 4.74 Å². The molecule has 1 heterocycles. The molecule has 2 heteroatoms. The van der Waals surface area contributed by atoms with Crippen LogP contribution >= 0.6 is 0 Å². The van der Waals surface area contributed by atoms with E-state index in [9.17, 15) is 0 Å². The first-order valence-corrected chi connectivity index (χ1v) is 11.9. The Balaban J connectivity index is 1.62. The monoisotopic (exact) mass is 296 g/mol. The molecule has 0 spiro atoms. The van der Waals surface area contributed by atoms with Crippen molar-refractivity contribution in [3.8, 4) is 0 Å². The highest BCUT2D eigenvalue weighted by Gasteiger charge is 2.31. The predicted molar refractivity (Wildman–Crippen MR) is 91.2 cm³/mol. The Morgan fingerprint density at radius 2 is 1.50 bits per heavy atom. The van der Waals surface area contributed by atoms with Crippen LogP contribution in [0.3, 0.4) is 0 Å². The van der Waals surface area contributed by atoms with Crippen LogP contribution in [0.2, 0.25) is 18.1 Å². The molecule has 0 unspecified atom stereocenters. The molecule has 0 radical (unpaired) electrons. The molecular formula is C18H36OSi. The summed E-state index contributed by atoms with van der Waals surface area (Å²) >= 11 is 0. The fourth-order valence-electron chi connectivity index (χ4n) is 4.59. The van der Waals surface area contributed by atoms with Crippen LogP contribution in [0.4, 0.5) is 0 Å². The molecule has 0 atom stereocenters. The van der Waals surface area contributed by atoms with Gasteiger partial charge in [-0.15, -0.1) is 0 Å². The Bertz CT molecular complexity index is 240. The maximum Gasteiger partial charge on any atom is 0.0575 e. The minimum absolute atomic E-state index is 0.299. The van der Waals surface area contributed by atoms with E-state index >= 15 is 0 Å². The molecule has 2 rings (SSSR count). The molecule has 0 aromatic heterocycles. The van der Waals surface area contributed by atoms with E-state index in [4.69, 9.17) is 4.74 Å². The second kappa shape index (κ2) is 9.25. The van der Waals surface area contributed by atoms with Crippen LogP contribution < -0.4 is 0 Å². The molecule has 0 amide bonds. The van der Waals surface area contributed by atoms with E-state index in [2.05, 4.69) is 13.8 Å². The van der Waals surface area contributed by atoms with Crippen LogP contribution in [0.25, 0.3) is 0 Å². The van der Waals surface area contributed by atoms with Crippen molar-refractivity contribution in [3.05, 3.63) is 0 Å². The maximum atomic E-state index is 5.80. The standard InChI is InChI=1S/C18H36OSi/c1-3-5-6-13-20-14-11-17(12-15-20)16-7-9-18(10-8-16)19-4-2/h16-18,20H,3-15H2,1-2H3/t16?,17-,18?,20-. The summed E-state index contributed by atoms with van der Waals surface area (Å²) in [5.74, 6) is 2.14. The molecule has 20 heavy (non-hydrogen) atoms. The van der Waals surface area contributed by atoms with E-state index in [1.165, 1.54) is 44.9 Å². The van der Waals surface area contributed by atoms with Crippen LogP contribution in [-0.4, -0.2) is 21.5 Å². The van der Waals surface area contributed by atoms with Crippen molar-refractivity contribution < 1.29 is 4.74 Å². The Morgan fingerprint density at radius 1 is 0.850 bits per heavy atom. The third-order valence-electron chi connectivity index (χ3n) is 5.90. The van der Waals surface area contributed by atoms with Crippen LogP contribution in [-0.2, 0) is 4.74 Å². The van der Waals surface area contributed by atoms with Gasteiger partial charge in [0, 0.05) is 15.4 Å². The third-order valence-corrected chi connectivity index (χ3v) is 9.42.